The molecule has 0 aliphatic heterocycles. The van der Waals surface area contributed by atoms with Crippen LogP contribution in [0.25, 0.3) is 10.9 Å². The maximum Gasteiger partial charge on any atom is 0.295 e. The smallest absolute Gasteiger partial charge is 0.295 e. The van der Waals surface area contributed by atoms with E-state index in [1.54, 1.807) is 18.3 Å². The number of nitrogens with one attached hydrogen (secondary N) is 1. The first kappa shape index (κ1) is 12.8. The zero-order chi connectivity index (χ0) is 14.2. The van der Waals surface area contributed by atoms with Gasteiger partial charge < -0.3 is 5.32 Å². The molecule has 1 aromatic carbocycles. The fourth-order valence-electron chi connectivity index (χ4n) is 2.87. The molecular formula is C15H17N3O2. The predicted octanol–water partition coefficient (Wildman–Crippen LogP) is 3.89. The van der Waals surface area contributed by atoms with Crippen LogP contribution in [0.5, 0.6) is 0 Å². The fraction of sp³-hybridized carbons (Fsp3) is 0.400. The SMILES string of the molecule is CCC1(Nc2ccc([N+](=O)[O-])c3ncccc23)CCC1. The summed E-state index contributed by atoms with van der Waals surface area (Å²) in [6.45, 7) is 2.18. The summed E-state index contributed by atoms with van der Waals surface area (Å²) in [7, 11) is 0. The molecule has 1 saturated carbocycles. The second-order valence-corrected chi connectivity index (χ2v) is 5.40. The average Bonchev–Trinajstić information content (AvgIpc) is 2.42. The van der Waals surface area contributed by atoms with Crippen molar-refractivity contribution in [1.29, 1.82) is 0 Å². The van der Waals surface area contributed by atoms with Gasteiger partial charge in [0, 0.05) is 28.9 Å². The summed E-state index contributed by atoms with van der Waals surface area (Å²) in [5, 5.41) is 15.5. The largest absolute Gasteiger partial charge is 0.379 e. The normalized spacial score (nSPS) is 16.6. The molecule has 104 valence electrons. The van der Waals surface area contributed by atoms with Crippen LogP contribution < -0.4 is 5.32 Å². The number of nitro groups is 1. The summed E-state index contributed by atoms with van der Waals surface area (Å²) in [5.41, 5.74) is 1.61. The molecule has 1 aromatic heterocycles. The Hall–Kier alpha value is -2.17. The second-order valence-electron chi connectivity index (χ2n) is 5.40. The van der Waals surface area contributed by atoms with Crippen molar-refractivity contribution in [1.82, 2.24) is 4.98 Å². The number of hydrogen-bond acceptors (Lipinski definition) is 4. The number of pyridine rings is 1. The highest BCUT2D eigenvalue weighted by Gasteiger charge is 2.35. The minimum atomic E-state index is -0.377. The van der Waals surface area contributed by atoms with E-state index in [1.165, 1.54) is 6.42 Å². The highest BCUT2D eigenvalue weighted by atomic mass is 16.6. The Labute approximate surface area is 117 Å². The van der Waals surface area contributed by atoms with Crippen LogP contribution in [0.1, 0.15) is 32.6 Å². The minimum Gasteiger partial charge on any atom is -0.379 e. The molecule has 1 fully saturated rings. The van der Waals surface area contributed by atoms with Crippen LogP contribution in [-0.2, 0) is 0 Å². The topological polar surface area (TPSA) is 68.1 Å². The zero-order valence-corrected chi connectivity index (χ0v) is 11.4. The summed E-state index contributed by atoms with van der Waals surface area (Å²) < 4.78 is 0. The third-order valence-corrected chi connectivity index (χ3v) is 4.33. The molecule has 5 nitrogen and oxygen atoms in total. The number of benzene rings is 1. The number of anilines is 1. The fourth-order valence-corrected chi connectivity index (χ4v) is 2.87. The molecule has 0 spiro atoms. The van der Waals surface area contributed by atoms with Crippen LogP contribution in [0.3, 0.4) is 0 Å². The Kier molecular flexibility index (Phi) is 3.04. The average molecular weight is 271 g/mol. The van der Waals surface area contributed by atoms with E-state index in [9.17, 15) is 10.1 Å². The van der Waals surface area contributed by atoms with Crippen molar-refractivity contribution in [2.45, 2.75) is 38.1 Å². The van der Waals surface area contributed by atoms with Crippen LogP contribution in [0.15, 0.2) is 30.5 Å². The van der Waals surface area contributed by atoms with Gasteiger partial charge in [-0.25, -0.2) is 4.98 Å². The maximum absolute atomic E-state index is 11.1. The Morgan fingerprint density at radius 1 is 1.40 bits per heavy atom. The highest BCUT2D eigenvalue weighted by molar-refractivity contribution is 5.97. The minimum absolute atomic E-state index is 0.0605. The zero-order valence-electron chi connectivity index (χ0n) is 11.4. The van der Waals surface area contributed by atoms with Crippen molar-refractivity contribution in [2.75, 3.05) is 5.32 Å². The number of non-ortho nitro benzene ring substituents is 1. The number of rotatable bonds is 4. The molecule has 3 rings (SSSR count). The van der Waals surface area contributed by atoms with E-state index < -0.39 is 0 Å². The summed E-state index contributed by atoms with van der Waals surface area (Å²) >= 11 is 0. The predicted molar refractivity (Wildman–Crippen MR) is 78.9 cm³/mol. The van der Waals surface area contributed by atoms with Gasteiger partial charge in [0.25, 0.3) is 5.69 Å². The van der Waals surface area contributed by atoms with Gasteiger partial charge in [-0.2, -0.15) is 0 Å². The van der Waals surface area contributed by atoms with E-state index in [2.05, 4.69) is 17.2 Å². The molecule has 1 aliphatic carbocycles. The second kappa shape index (κ2) is 4.74. The lowest BCUT2D eigenvalue weighted by Crippen LogP contribution is -2.44. The van der Waals surface area contributed by atoms with E-state index in [0.29, 0.717) is 5.52 Å². The van der Waals surface area contributed by atoms with Gasteiger partial charge in [-0.05, 0) is 43.9 Å². The quantitative estimate of drug-likeness (QED) is 0.676. The molecule has 1 heterocycles. The molecule has 1 N–H and O–H groups in total. The first-order valence-electron chi connectivity index (χ1n) is 6.95. The number of nitro benzene ring substituents is 1. The van der Waals surface area contributed by atoms with Gasteiger partial charge in [0.05, 0.1) is 4.92 Å². The molecule has 0 saturated heterocycles. The molecule has 2 aromatic rings. The molecule has 0 radical (unpaired) electrons. The molecular weight excluding hydrogens is 254 g/mol. The molecule has 1 aliphatic rings. The molecule has 0 amide bonds. The number of nitrogens with zero attached hydrogens (tertiary/aromatic N) is 2. The first-order valence-corrected chi connectivity index (χ1v) is 6.95. The Bertz CT molecular complexity index is 660. The third-order valence-electron chi connectivity index (χ3n) is 4.33. The van der Waals surface area contributed by atoms with Crippen molar-refractivity contribution < 1.29 is 4.92 Å². The van der Waals surface area contributed by atoms with Crippen molar-refractivity contribution in [3.05, 3.63) is 40.6 Å². The summed E-state index contributed by atoms with van der Waals surface area (Å²) in [4.78, 5) is 14.9. The van der Waals surface area contributed by atoms with Crippen LogP contribution in [0, 0.1) is 10.1 Å². The lowest BCUT2D eigenvalue weighted by molar-refractivity contribution is -0.383. The van der Waals surface area contributed by atoms with Crippen molar-refractivity contribution in [3.63, 3.8) is 0 Å². The van der Waals surface area contributed by atoms with Crippen LogP contribution >= 0.6 is 0 Å². The first-order chi connectivity index (χ1) is 9.65. The molecule has 0 unspecified atom stereocenters. The lowest BCUT2D eigenvalue weighted by atomic mass is 9.74. The summed E-state index contributed by atoms with van der Waals surface area (Å²) in [6.07, 6.45) is 6.21. The van der Waals surface area contributed by atoms with Crippen LogP contribution in [-0.4, -0.2) is 15.4 Å². The monoisotopic (exact) mass is 271 g/mol. The summed E-state index contributed by atoms with van der Waals surface area (Å²) in [5.74, 6) is 0. The van der Waals surface area contributed by atoms with Gasteiger partial charge in [-0.15, -0.1) is 0 Å². The lowest BCUT2D eigenvalue weighted by Gasteiger charge is -2.43. The van der Waals surface area contributed by atoms with Gasteiger partial charge in [0.2, 0.25) is 0 Å². The van der Waals surface area contributed by atoms with Gasteiger partial charge >= 0.3 is 0 Å². The van der Waals surface area contributed by atoms with E-state index >= 15 is 0 Å². The van der Waals surface area contributed by atoms with E-state index in [-0.39, 0.29) is 16.1 Å². The number of fused-ring (bicyclic) bond motifs is 1. The van der Waals surface area contributed by atoms with Gasteiger partial charge in [0.1, 0.15) is 5.52 Å². The molecule has 5 heteroatoms. The molecule has 20 heavy (non-hydrogen) atoms. The van der Waals surface area contributed by atoms with Crippen LogP contribution in [0.2, 0.25) is 0 Å². The van der Waals surface area contributed by atoms with Crippen molar-refractivity contribution >= 4 is 22.3 Å². The van der Waals surface area contributed by atoms with E-state index in [4.69, 9.17) is 0 Å². The van der Waals surface area contributed by atoms with Gasteiger partial charge in [0.15, 0.2) is 0 Å². The van der Waals surface area contributed by atoms with Crippen LogP contribution in [0.4, 0.5) is 11.4 Å². The third kappa shape index (κ3) is 1.99. The molecule has 0 bridgehead atoms. The van der Waals surface area contributed by atoms with Crippen molar-refractivity contribution in [3.8, 4) is 0 Å². The maximum atomic E-state index is 11.1. The van der Waals surface area contributed by atoms with E-state index in [1.807, 2.05) is 12.1 Å². The number of hydrogen-bond donors (Lipinski definition) is 1. The number of aromatic nitrogens is 1. The van der Waals surface area contributed by atoms with Gasteiger partial charge in [-0.3, -0.25) is 10.1 Å². The molecule has 0 atom stereocenters. The standard InChI is InChI=1S/C15H17N3O2/c1-2-15(8-4-9-15)17-12-6-7-13(18(19)20)14-11(12)5-3-10-16-14/h3,5-7,10,17H,2,4,8-9H2,1H3. The Morgan fingerprint density at radius 3 is 2.80 bits per heavy atom. The Morgan fingerprint density at radius 2 is 2.20 bits per heavy atom. The van der Waals surface area contributed by atoms with Crippen molar-refractivity contribution in [2.24, 2.45) is 0 Å². The summed E-state index contributed by atoms with van der Waals surface area (Å²) in [6, 6.07) is 7.05. The van der Waals surface area contributed by atoms with Gasteiger partial charge in [-0.1, -0.05) is 6.92 Å². The Balaban J connectivity index is 2.08. The van der Waals surface area contributed by atoms with E-state index in [0.717, 1.165) is 30.3 Å². The highest BCUT2D eigenvalue weighted by Crippen LogP contribution is 2.40.